The number of nitrogens with zero attached hydrogens (tertiary/aromatic N) is 1. The summed E-state index contributed by atoms with van der Waals surface area (Å²) in [5.41, 5.74) is 5.93. The highest BCUT2D eigenvalue weighted by Crippen LogP contribution is 2.41. The highest BCUT2D eigenvalue weighted by atomic mass is 32.2. The number of aryl methyl sites for hydroxylation is 2. The van der Waals surface area contributed by atoms with E-state index in [2.05, 4.69) is 65.2 Å². The maximum absolute atomic E-state index is 12.1. The lowest BCUT2D eigenvalue weighted by Gasteiger charge is -2.31. The van der Waals surface area contributed by atoms with E-state index in [1.54, 1.807) is 0 Å². The third kappa shape index (κ3) is 4.87. The van der Waals surface area contributed by atoms with Crippen LogP contribution in [0.1, 0.15) is 47.3 Å². The van der Waals surface area contributed by atoms with Crippen LogP contribution in [0.5, 0.6) is 0 Å². The second-order valence-electron chi connectivity index (χ2n) is 8.04. The Morgan fingerprint density at radius 2 is 1.72 bits per heavy atom. The van der Waals surface area contributed by atoms with Gasteiger partial charge in [-0.15, -0.1) is 11.8 Å². The van der Waals surface area contributed by atoms with Crippen molar-refractivity contribution in [3.8, 4) is 0 Å². The Kier molecular flexibility index (Phi) is 6.94. The van der Waals surface area contributed by atoms with E-state index in [0.717, 1.165) is 51.1 Å². The van der Waals surface area contributed by atoms with Crippen LogP contribution in [0.2, 0.25) is 0 Å². The standard InChI is InChI=1S/C25H31NO2S/c1-2-28-25(27)21-10-7-15-26(18-21)16-17-29-24-22-11-5-3-8-19(22)13-14-20-9-4-6-12-23(20)24/h3-6,8-9,11-12,21,24H,2,7,10,13-18H2,1H3. The molecule has 2 aromatic rings. The van der Waals surface area contributed by atoms with E-state index in [4.69, 9.17) is 4.74 Å². The zero-order chi connectivity index (χ0) is 20.1. The molecule has 0 aromatic heterocycles. The van der Waals surface area contributed by atoms with Gasteiger partial charge in [0.2, 0.25) is 0 Å². The first-order chi connectivity index (χ1) is 14.3. The van der Waals surface area contributed by atoms with Crippen LogP contribution in [0.3, 0.4) is 0 Å². The number of ether oxygens (including phenoxy) is 1. The number of benzene rings is 2. The summed E-state index contributed by atoms with van der Waals surface area (Å²) in [6.45, 7) is 5.33. The Morgan fingerprint density at radius 1 is 1.07 bits per heavy atom. The number of thioether (sulfide) groups is 1. The summed E-state index contributed by atoms with van der Waals surface area (Å²) in [5.74, 6) is 1.10. The number of likely N-dealkylation sites (tertiary alicyclic amines) is 1. The summed E-state index contributed by atoms with van der Waals surface area (Å²) in [7, 11) is 0. The van der Waals surface area contributed by atoms with Gasteiger partial charge in [-0.3, -0.25) is 4.79 Å². The molecule has 4 rings (SSSR count). The number of esters is 1. The van der Waals surface area contributed by atoms with E-state index in [-0.39, 0.29) is 11.9 Å². The first-order valence-corrected chi connectivity index (χ1v) is 12.0. The third-order valence-corrected chi connectivity index (χ3v) is 7.42. The van der Waals surface area contributed by atoms with Gasteiger partial charge in [-0.25, -0.2) is 0 Å². The highest BCUT2D eigenvalue weighted by molar-refractivity contribution is 7.99. The molecule has 29 heavy (non-hydrogen) atoms. The molecule has 0 spiro atoms. The van der Waals surface area contributed by atoms with Crippen molar-refractivity contribution in [2.75, 3.05) is 32.0 Å². The van der Waals surface area contributed by atoms with E-state index in [0.29, 0.717) is 11.9 Å². The fourth-order valence-electron chi connectivity index (χ4n) is 4.66. The Bertz CT molecular complexity index is 790. The number of hydrogen-bond acceptors (Lipinski definition) is 4. The van der Waals surface area contributed by atoms with Gasteiger partial charge < -0.3 is 9.64 Å². The molecule has 0 N–H and O–H groups in total. The number of rotatable bonds is 6. The van der Waals surface area contributed by atoms with Gasteiger partial charge in [0.25, 0.3) is 0 Å². The first-order valence-electron chi connectivity index (χ1n) is 10.9. The number of fused-ring (bicyclic) bond motifs is 2. The van der Waals surface area contributed by atoms with E-state index < -0.39 is 0 Å². The second kappa shape index (κ2) is 9.82. The molecule has 1 unspecified atom stereocenters. The van der Waals surface area contributed by atoms with Crippen LogP contribution in [0.25, 0.3) is 0 Å². The fourth-order valence-corrected chi connectivity index (χ4v) is 6.08. The van der Waals surface area contributed by atoms with E-state index in [1.807, 2.05) is 6.92 Å². The molecule has 1 aliphatic heterocycles. The van der Waals surface area contributed by atoms with Gasteiger partial charge in [-0.1, -0.05) is 48.5 Å². The zero-order valence-electron chi connectivity index (χ0n) is 17.3. The SMILES string of the molecule is CCOC(=O)C1CCCN(CCSC2c3ccccc3CCc3ccccc32)C1. The molecular formula is C25H31NO2S. The number of hydrogen-bond donors (Lipinski definition) is 0. The molecule has 1 saturated heterocycles. The Balaban J connectivity index is 1.43. The summed E-state index contributed by atoms with van der Waals surface area (Å²) in [4.78, 5) is 14.6. The summed E-state index contributed by atoms with van der Waals surface area (Å²) < 4.78 is 5.25. The summed E-state index contributed by atoms with van der Waals surface area (Å²) in [6.07, 6.45) is 4.30. The minimum atomic E-state index is -0.0172. The van der Waals surface area contributed by atoms with Crippen molar-refractivity contribution in [1.82, 2.24) is 4.90 Å². The lowest BCUT2D eigenvalue weighted by Crippen LogP contribution is -2.40. The average molecular weight is 410 g/mol. The van der Waals surface area contributed by atoms with E-state index in [9.17, 15) is 4.79 Å². The molecule has 2 aromatic carbocycles. The van der Waals surface area contributed by atoms with Crippen molar-refractivity contribution in [2.45, 2.75) is 37.9 Å². The molecule has 0 bridgehead atoms. The molecule has 0 amide bonds. The molecule has 1 heterocycles. The van der Waals surface area contributed by atoms with Crippen LogP contribution < -0.4 is 0 Å². The smallest absolute Gasteiger partial charge is 0.310 e. The van der Waals surface area contributed by atoms with Gasteiger partial charge in [0.05, 0.1) is 17.8 Å². The summed E-state index contributed by atoms with van der Waals surface area (Å²) in [6, 6.07) is 17.9. The lowest BCUT2D eigenvalue weighted by molar-refractivity contribution is -0.149. The van der Waals surface area contributed by atoms with Gasteiger partial charge in [0.15, 0.2) is 0 Å². The molecule has 1 atom stereocenters. The molecule has 3 nitrogen and oxygen atoms in total. The van der Waals surface area contributed by atoms with Crippen molar-refractivity contribution in [3.05, 3.63) is 70.8 Å². The predicted molar refractivity (Wildman–Crippen MR) is 120 cm³/mol. The Labute approximate surface area is 178 Å². The number of piperidine rings is 1. The monoisotopic (exact) mass is 409 g/mol. The highest BCUT2D eigenvalue weighted by Gasteiger charge is 2.27. The Hall–Kier alpha value is -1.78. The van der Waals surface area contributed by atoms with Crippen LogP contribution >= 0.6 is 11.8 Å². The van der Waals surface area contributed by atoms with Crippen LogP contribution in [0, 0.1) is 5.92 Å². The first kappa shape index (κ1) is 20.5. The van der Waals surface area contributed by atoms with Crippen LogP contribution in [-0.2, 0) is 22.4 Å². The van der Waals surface area contributed by atoms with Crippen LogP contribution in [0.4, 0.5) is 0 Å². The van der Waals surface area contributed by atoms with Gasteiger partial charge in [-0.2, -0.15) is 0 Å². The van der Waals surface area contributed by atoms with Gasteiger partial charge in [-0.05, 0) is 61.4 Å². The molecule has 0 saturated carbocycles. The van der Waals surface area contributed by atoms with Gasteiger partial charge >= 0.3 is 5.97 Å². The van der Waals surface area contributed by atoms with Crippen molar-refractivity contribution in [1.29, 1.82) is 0 Å². The second-order valence-corrected chi connectivity index (χ2v) is 9.25. The molecule has 0 radical (unpaired) electrons. The number of carbonyl (C=O) groups is 1. The maximum atomic E-state index is 12.1. The Morgan fingerprint density at radius 3 is 2.38 bits per heavy atom. The number of carbonyl (C=O) groups excluding carboxylic acids is 1. The molecule has 1 fully saturated rings. The normalized spacial score (nSPS) is 19.8. The van der Waals surface area contributed by atoms with Gasteiger partial charge in [0, 0.05) is 18.8 Å². The van der Waals surface area contributed by atoms with Crippen molar-refractivity contribution >= 4 is 17.7 Å². The third-order valence-electron chi connectivity index (χ3n) is 6.16. The molecular weight excluding hydrogens is 378 g/mol. The average Bonchev–Trinajstić information content (AvgIpc) is 2.92. The minimum Gasteiger partial charge on any atom is -0.466 e. The molecule has 2 aliphatic rings. The summed E-state index contributed by atoms with van der Waals surface area (Å²) in [5, 5.41) is 0.399. The topological polar surface area (TPSA) is 29.5 Å². The van der Waals surface area contributed by atoms with Crippen LogP contribution in [-0.4, -0.2) is 42.9 Å². The minimum absolute atomic E-state index is 0.0172. The quantitative estimate of drug-likeness (QED) is 0.636. The van der Waals surface area contributed by atoms with Crippen molar-refractivity contribution in [3.63, 3.8) is 0 Å². The predicted octanol–water partition coefficient (Wildman–Crippen LogP) is 4.88. The van der Waals surface area contributed by atoms with Crippen LogP contribution in [0.15, 0.2) is 48.5 Å². The zero-order valence-corrected chi connectivity index (χ0v) is 18.1. The van der Waals surface area contributed by atoms with E-state index >= 15 is 0 Å². The van der Waals surface area contributed by atoms with E-state index in [1.165, 1.54) is 22.3 Å². The molecule has 154 valence electrons. The van der Waals surface area contributed by atoms with Crippen molar-refractivity contribution in [2.24, 2.45) is 5.92 Å². The lowest BCUT2D eigenvalue weighted by atomic mass is 9.98. The largest absolute Gasteiger partial charge is 0.466 e. The maximum Gasteiger partial charge on any atom is 0.310 e. The summed E-state index contributed by atoms with van der Waals surface area (Å²) >= 11 is 2.05. The molecule has 1 aliphatic carbocycles. The van der Waals surface area contributed by atoms with Crippen molar-refractivity contribution < 1.29 is 9.53 Å². The van der Waals surface area contributed by atoms with Gasteiger partial charge in [0.1, 0.15) is 0 Å². The molecule has 4 heteroatoms. The fraction of sp³-hybridized carbons (Fsp3) is 0.480.